The number of rotatable bonds is 5. The number of hydrogen-bond acceptors (Lipinski definition) is 9. The van der Waals surface area contributed by atoms with E-state index in [1.54, 1.807) is 9.42 Å². The molecular weight excluding hydrogens is 486 g/mol. The molecule has 2 atom stereocenters. The molecular formula is C27H33N7O4. The van der Waals surface area contributed by atoms with Crippen LogP contribution in [0.4, 0.5) is 16.4 Å². The topological polar surface area (TPSA) is 120 Å². The number of nitrogens with zero attached hydrogens (tertiary/aromatic N) is 6. The molecule has 1 fully saturated rings. The van der Waals surface area contributed by atoms with Crippen LogP contribution < -0.4 is 10.1 Å². The van der Waals surface area contributed by atoms with Crippen molar-refractivity contribution in [3.63, 3.8) is 0 Å². The number of nitrogens with one attached hydrogen (secondary N) is 1. The van der Waals surface area contributed by atoms with Gasteiger partial charge < -0.3 is 24.2 Å². The van der Waals surface area contributed by atoms with Crippen LogP contribution in [0.1, 0.15) is 51.4 Å². The second kappa shape index (κ2) is 9.62. The van der Waals surface area contributed by atoms with E-state index in [2.05, 4.69) is 25.5 Å². The van der Waals surface area contributed by atoms with Gasteiger partial charge in [0.15, 0.2) is 5.82 Å². The van der Waals surface area contributed by atoms with Crippen LogP contribution in [-0.2, 0) is 4.74 Å². The molecule has 1 amide bonds. The third-order valence-electron chi connectivity index (χ3n) is 6.25. The van der Waals surface area contributed by atoms with E-state index in [0.29, 0.717) is 42.1 Å². The number of anilines is 2. The van der Waals surface area contributed by atoms with Crippen LogP contribution in [0.5, 0.6) is 5.88 Å². The number of ether oxygens (including phenoxy) is 2. The van der Waals surface area contributed by atoms with E-state index in [1.165, 1.54) is 0 Å². The van der Waals surface area contributed by atoms with Gasteiger partial charge in [0.2, 0.25) is 0 Å². The average Bonchev–Trinajstić information content (AvgIpc) is 3.47. The summed E-state index contributed by atoms with van der Waals surface area (Å²) >= 11 is 0. The summed E-state index contributed by atoms with van der Waals surface area (Å²) < 4.78 is 19.1. The van der Waals surface area contributed by atoms with Crippen molar-refractivity contribution in [2.45, 2.75) is 72.6 Å². The number of hydrogen-bond donors (Lipinski definition) is 1. The normalized spacial score (nSPS) is 17.7. The second-order valence-corrected chi connectivity index (χ2v) is 10.8. The summed E-state index contributed by atoms with van der Waals surface area (Å²) in [6.07, 6.45) is 1.99. The number of fused-ring (bicyclic) bond motifs is 1. The quantitative estimate of drug-likeness (QED) is 0.378. The van der Waals surface area contributed by atoms with Gasteiger partial charge in [-0.05, 0) is 71.3 Å². The lowest BCUT2D eigenvalue weighted by Crippen LogP contribution is -2.39. The lowest BCUT2D eigenvalue weighted by atomic mass is 10.1. The zero-order valence-electron chi connectivity index (χ0n) is 22.8. The summed E-state index contributed by atoms with van der Waals surface area (Å²) in [6, 6.07) is 7.75. The standard InChI is InChI=1S/C27H33N7O4/c1-15-10-22(29-18(4)28-15)30-23-13-20-12-19(8-9-34(20)31-23)24-17(3)38-32-25(24)36-21-11-16(2)33(14-21)26(35)37-27(5,6)7/h8-10,12-13,16,21H,11,14H2,1-7H3,(H,28,29,30,31)/t16-,21+/m1/s1. The van der Waals surface area contributed by atoms with Gasteiger partial charge in [0.1, 0.15) is 29.1 Å². The van der Waals surface area contributed by atoms with Crippen molar-refractivity contribution in [1.82, 2.24) is 29.6 Å². The smallest absolute Gasteiger partial charge is 0.410 e. The Bertz CT molecular complexity index is 1470. The SMILES string of the molecule is Cc1cc(Nc2cc3cc(-c4c(O[C@H]5C[C@@H](C)N(C(=O)OC(C)(C)C)C5)noc4C)ccn3n2)nc(C)n1. The van der Waals surface area contributed by atoms with Gasteiger partial charge in [-0.3, -0.25) is 0 Å². The van der Waals surface area contributed by atoms with Crippen molar-refractivity contribution in [3.05, 3.63) is 47.7 Å². The Morgan fingerprint density at radius 2 is 1.92 bits per heavy atom. The van der Waals surface area contributed by atoms with E-state index in [-0.39, 0.29) is 18.2 Å². The van der Waals surface area contributed by atoms with Crippen molar-refractivity contribution in [1.29, 1.82) is 0 Å². The van der Waals surface area contributed by atoms with Gasteiger partial charge in [0.25, 0.3) is 5.88 Å². The molecule has 38 heavy (non-hydrogen) atoms. The molecule has 1 N–H and O–H groups in total. The minimum absolute atomic E-state index is 0.0113. The van der Waals surface area contributed by atoms with Gasteiger partial charge in [-0.2, -0.15) is 5.10 Å². The number of carbonyl (C=O) groups is 1. The van der Waals surface area contributed by atoms with E-state index in [1.807, 2.05) is 78.9 Å². The number of aryl methyl sites for hydroxylation is 3. The Balaban J connectivity index is 1.35. The van der Waals surface area contributed by atoms with E-state index in [4.69, 9.17) is 14.0 Å². The predicted molar refractivity (Wildman–Crippen MR) is 142 cm³/mol. The molecule has 11 nitrogen and oxygen atoms in total. The average molecular weight is 520 g/mol. The summed E-state index contributed by atoms with van der Waals surface area (Å²) in [5.41, 5.74) is 2.87. The zero-order chi connectivity index (χ0) is 27.2. The molecule has 4 aromatic rings. The Morgan fingerprint density at radius 1 is 1.13 bits per heavy atom. The monoisotopic (exact) mass is 519 g/mol. The van der Waals surface area contributed by atoms with Crippen LogP contribution in [0.2, 0.25) is 0 Å². The van der Waals surface area contributed by atoms with E-state index >= 15 is 0 Å². The Kier molecular flexibility index (Phi) is 6.46. The maximum absolute atomic E-state index is 12.6. The molecule has 0 radical (unpaired) electrons. The fourth-order valence-corrected chi connectivity index (χ4v) is 4.68. The molecule has 1 saturated heterocycles. The lowest BCUT2D eigenvalue weighted by molar-refractivity contribution is 0.0223. The van der Waals surface area contributed by atoms with Crippen LogP contribution in [0, 0.1) is 20.8 Å². The molecule has 0 spiro atoms. The molecule has 11 heteroatoms. The van der Waals surface area contributed by atoms with Crippen LogP contribution >= 0.6 is 0 Å². The largest absolute Gasteiger partial charge is 0.470 e. The number of aromatic nitrogens is 5. The number of amides is 1. The van der Waals surface area contributed by atoms with Gasteiger partial charge in [-0.25, -0.2) is 19.3 Å². The van der Waals surface area contributed by atoms with E-state index in [0.717, 1.165) is 22.3 Å². The summed E-state index contributed by atoms with van der Waals surface area (Å²) in [5.74, 6) is 3.10. The van der Waals surface area contributed by atoms with Crippen LogP contribution in [0.15, 0.2) is 35.0 Å². The molecule has 0 unspecified atom stereocenters. The summed E-state index contributed by atoms with van der Waals surface area (Å²) in [7, 11) is 0. The van der Waals surface area contributed by atoms with Crippen molar-refractivity contribution in [2.24, 2.45) is 0 Å². The zero-order valence-corrected chi connectivity index (χ0v) is 22.8. The van der Waals surface area contributed by atoms with Gasteiger partial charge >= 0.3 is 6.09 Å². The van der Waals surface area contributed by atoms with Crippen molar-refractivity contribution < 1.29 is 18.8 Å². The van der Waals surface area contributed by atoms with Gasteiger partial charge in [-0.15, -0.1) is 0 Å². The first-order valence-electron chi connectivity index (χ1n) is 12.7. The van der Waals surface area contributed by atoms with Crippen LogP contribution in [0.3, 0.4) is 0 Å². The van der Waals surface area contributed by atoms with Crippen LogP contribution in [0.25, 0.3) is 16.6 Å². The Hall–Kier alpha value is -4.15. The first kappa shape index (κ1) is 25.5. The minimum Gasteiger partial charge on any atom is -0.470 e. The molecule has 0 aliphatic carbocycles. The van der Waals surface area contributed by atoms with Crippen molar-refractivity contribution >= 4 is 23.2 Å². The van der Waals surface area contributed by atoms with Gasteiger partial charge in [0, 0.05) is 36.5 Å². The van der Waals surface area contributed by atoms with Crippen LogP contribution in [-0.4, -0.2) is 60.0 Å². The maximum atomic E-state index is 12.6. The summed E-state index contributed by atoms with van der Waals surface area (Å²) in [6.45, 7) is 13.6. The highest BCUT2D eigenvalue weighted by Gasteiger charge is 2.37. The maximum Gasteiger partial charge on any atom is 0.410 e. The molecule has 5 rings (SSSR count). The lowest BCUT2D eigenvalue weighted by Gasteiger charge is -2.26. The molecule has 1 aliphatic heterocycles. The Labute approximate surface area is 221 Å². The second-order valence-electron chi connectivity index (χ2n) is 10.8. The molecule has 5 heterocycles. The highest BCUT2D eigenvalue weighted by atomic mass is 16.6. The third kappa shape index (κ3) is 5.41. The molecule has 0 bridgehead atoms. The summed E-state index contributed by atoms with van der Waals surface area (Å²) in [5, 5.41) is 12.0. The highest BCUT2D eigenvalue weighted by molar-refractivity contribution is 5.75. The molecule has 0 saturated carbocycles. The molecule has 0 aromatic carbocycles. The number of carbonyl (C=O) groups excluding carboxylic acids is 1. The number of likely N-dealkylation sites (tertiary alicyclic amines) is 1. The number of pyridine rings is 1. The summed E-state index contributed by atoms with van der Waals surface area (Å²) in [4.78, 5) is 23.1. The van der Waals surface area contributed by atoms with E-state index in [9.17, 15) is 4.79 Å². The van der Waals surface area contributed by atoms with E-state index < -0.39 is 5.60 Å². The van der Waals surface area contributed by atoms with Crippen molar-refractivity contribution in [2.75, 3.05) is 11.9 Å². The fourth-order valence-electron chi connectivity index (χ4n) is 4.68. The molecule has 4 aromatic heterocycles. The highest BCUT2D eigenvalue weighted by Crippen LogP contribution is 2.36. The molecule has 1 aliphatic rings. The Morgan fingerprint density at radius 3 is 2.66 bits per heavy atom. The van der Waals surface area contributed by atoms with Crippen molar-refractivity contribution in [3.8, 4) is 17.0 Å². The predicted octanol–water partition coefficient (Wildman–Crippen LogP) is 5.22. The first-order chi connectivity index (χ1) is 17.9. The fraction of sp³-hybridized carbons (Fsp3) is 0.444. The third-order valence-corrected chi connectivity index (χ3v) is 6.25. The first-order valence-corrected chi connectivity index (χ1v) is 12.7. The van der Waals surface area contributed by atoms with Gasteiger partial charge in [0.05, 0.1) is 17.6 Å². The minimum atomic E-state index is -0.555. The molecule has 200 valence electrons. The van der Waals surface area contributed by atoms with Gasteiger partial charge in [-0.1, -0.05) is 0 Å².